The number of thiazole rings is 1. The topological polar surface area (TPSA) is 166 Å². The second-order valence-electron chi connectivity index (χ2n) is 14.3. The molecule has 2 aromatic carbocycles. The monoisotopic (exact) mass is 803 g/mol. The van der Waals surface area contributed by atoms with Crippen LogP contribution in [0, 0.1) is 25.6 Å². The van der Waals surface area contributed by atoms with Crippen molar-refractivity contribution in [3.8, 4) is 28.0 Å². The van der Waals surface area contributed by atoms with E-state index in [1.165, 1.54) is 30.6 Å². The lowest BCUT2D eigenvalue weighted by Gasteiger charge is -2.46. The summed E-state index contributed by atoms with van der Waals surface area (Å²) >= 11 is 1.27. The van der Waals surface area contributed by atoms with E-state index in [2.05, 4.69) is 15.0 Å². The summed E-state index contributed by atoms with van der Waals surface area (Å²) in [7, 11) is 1.26. The number of carbonyl (C=O) groups is 2. The Kier molecular flexibility index (Phi) is 10.8. The van der Waals surface area contributed by atoms with Crippen LogP contribution in [0.5, 0.6) is 17.4 Å². The van der Waals surface area contributed by atoms with E-state index in [4.69, 9.17) is 15.2 Å². The average Bonchev–Trinajstić information content (AvgIpc) is 3.60. The van der Waals surface area contributed by atoms with Gasteiger partial charge < -0.3 is 30.1 Å². The Hall–Kier alpha value is -5.81. The number of piperidine rings is 2. The standard InChI is InChI=1S/C40H40F3N7O6S/c1-23-9-10-26(18-45-23)35-47-24(2)33(57-35)38(53)48-15-13-28(29(19-48)25-7-5-4-6-8-25)36(51)49-16-14-39(54,40(42,43)21-49)20-50-22-46-34(32(44)37(50)52)56-27-11-12-30(41)31(17-27)55-3/h4-12,17-18,22,28-29,54H,13-16,19-21,44H2,1-3H3/t28-,29+,39+/m1/s1. The van der Waals surface area contributed by atoms with E-state index >= 15 is 8.78 Å². The second-order valence-corrected chi connectivity index (χ2v) is 15.3. The fourth-order valence-corrected chi connectivity index (χ4v) is 8.32. The maximum Gasteiger partial charge on any atom is 0.295 e. The van der Waals surface area contributed by atoms with Gasteiger partial charge in [0.2, 0.25) is 11.8 Å². The van der Waals surface area contributed by atoms with Gasteiger partial charge in [-0.2, -0.15) is 0 Å². The highest BCUT2D eigenvalue weighted by Crippen LogP contribution is 2.41. The number of rotatable bonds is 9. The summed E-state index contributed by atoms with van der Waals surface area (Å²) < 4.78 is 57.1. The number of nitrogens with two attached hydrogens (primary N) is 1. The maximum absolute atomic E-state index is 16.0. The zero-order valence-electron chi connectivity index (χ0n) is 31.3. The van der Waals surface area contributed by atoms with Crippen LogP contribution in [0.15, 0.2) is 78.0 Å². The van der Waals surface area contributed by atoms with Crippen molar-refractivity contribution in [3.05, 3.63) is 111 Å². The number of alkyl halides is 2. The second kappa shape index (κ2) is 15.6. The number of anilines is 1. The first-order chi connectivity index (χ1) is 27.2. The Balaban J connectivity index is 1.05. The molecule has 0 bridgehead atoms. The van der Waals surface area contributed by atoms with Crippen molar-refractivity contribution in [1.29, 1.82) is 0 Å². The average molecular weight is 804 g/mol. The smallest absolute Gasteiger partial charge is 0.295 e. The molecule has 5 heterocycles. The number of halogens is 3. The minimum Gasteiger partial charge on any atom is -0.494 e. The van der Waals surface area contributed by atoms with Gasteiger partial charge in [-0.1, -0.05) is 30.3 Å². The lowest BCUT2D eigenvalue weighted by Crippen LogP contribution is -2.64. The molecule has 3 aromatic heterocycles. The first kappa shape index (κ1) is 39.4. The molecule has 13 nitrogen and oxygen atoms in total. The van der Waals surface area contributed by atoms with Gasteiger partial charge in [-0.3, -0.25) is 23.9 Å². The number of benzene rings is 2. The lowest BCUT2D eigenvalue weighted by atomic mass is 9.78. The quantitative estimate of drug-likeness (QED) is 0.196. The molecule has 17 heteroatoms. The predicted molar refractivity (Wildman–Crippen MR) is 205 cm³/mol. The number of nitrogen functional groups attached to an aromatic ring is 1. The summed E-state index contributed by atoms with van der Waals surface area (Å²) in [6.07, 6.45) is 2.31. The predicted octanol–water partition coefficient (Wildman–Crippen LogP) is 5.45. The van der Waals surface area contributed by atoms with Crippen LogP contribution in [-0.4, -0.2) is 91.1 Å². The number of ether oxygens (including phenoxy) is 2. The SMILES string of the molecule is COc1cc(Oc2ncn(C[C@@]3(O)CCN(C(=O)[C@@H]4CCN(C(=O)c5sc(-c6ccc(C)nc6)nc5C)C[C@H]4c4ccccc4)CC3(F)F)c(=O)c2N)ccc1F. The van der Waals surface area contributed by atoms with Gasteiger partial charge in [-0.05, 0) is 50.1 Å². The molecule has 3 N–H and O–H groups in total. The number of hydrogen-bond donors (Lipinski definition) is 2. The first-order valence-corrected chi connectivity index (χ1v) is 19.0. The molecule has 7 rings (SSSR count). The molecule has 0 unspecified atom stereocenters. The number of amides is 2. The normalized spacial score (nSPS) is 20.6. The van der Waals surface area contributed by atoms with Gasteiger partial charge in [0.05, 0.1) is 25.9 Å². The zero-order valence-corrected chi connectivity index (χ0v) is 32.1. The van der Waals surface area contributed by atoms with Crippen molar-refractivity contribution in [2.45, 2.75) is 50.7 Å². The summed E-state index contributed by atoms with van der Waals surface area (Å²) in [5.41, 5.74) is 4.80. The molecule has 57 heavy (non-hydrogen) atoms. The molecule has 2 fully saturated rings. The van der Waals surface area contributed by atoms with Crippen LogP contribution in [0.4, 0.5) is 18.9 Å². The Morgan fingerprint density at radius 2 is 1.82 bits per heavy atom. The van der Waals surface area contributed by atoms with Crippen LogP contribution < -0.4 is 20.8 Å². The van der Waals surface area contributed by atoms with E-state index in [1.807, 2.05) is 49.4 Å². The van der Waals surface area contributed by atoms with Crippen molar-refractivity contribution >= 4 is 28.8 Å². The number of aliphatic hydroxyl groups is 1. The molecule has 0 aliphatic carbocycles. The Bertz CT molecular complexity index is 2360. The lowest BCUT2D eigenvalue weighted by molar-refractivity contribution is -0.223. The van der Waals surface area contributed by atoms with Crippen molar-refractivity contribution < 1.29 is 37.3 Å². The Labute approximate surface area is 329 Å². The van der Waals surface area contributed by atoms with Gasteiger partial charge in [0, 0.05) is 61.4 Å². The number of likely N-dealkylation sites (tertiary alicyclic amines) is 2. The van der Waals surface area contributed by atoms with E-state index in [-0.39, 0.29) is 49.3 Å². The summed E-state index contributed by atoms with van der Waals surface area (Å²) in [5.74, 6) is -6.87. The Morgan fingerprint density at radius 3 is 2.53 bits per heavy atom. The molecule has 2 aliphatic heterocycles. The molecule has 2 aliphatic rings. The van der Waals surface area contributed by atoms with Gasteiger partial charge in [0.1, 0.15) is 27.6 Å². The highest BCUT2D eigenvalue weighted by Gasteiger charge is 2.58. The molecule has 0 radical (unpaired) electrons. The van der Waals surface area contributed by atoms with Gasteiger partial charge in [-0.15, -0.1) is 11.3 Å². The largest absolute Gasteiger partial charge is 0.494 e. The van der Waals surface area contributed by atoms with Crippen LogP contribution >= 0.6 is 11.3 Å². The number of hydrogen-bond acceptors (Lipinski definition) is 11. The molecule has 2 saturated heterocycles. The number of carbonyl (C=O) groups excluding carboxylic acids is 2. The molecule has 2 amide bonds. The number of nitrogens with zero attached hydrogens (tertiary/aromatic N) is 6. The van der Waals surface area contributed by atoms with Crippen molar-refractivity contribution in [2.75, 3.05) is 39.0 Å². The molecule has 0 spiro atoms. The van der Waals surface area contributed by atoms with Crippen LogP contribution in [0.3, 0.4) is 0 Å². The molecular formula is C40H40F3N7O6S. The third-order valence-corrected chi connectivity index (χ3v) is 11.8. The van der Waals surface area contributed by atoms with Crippen molar-refractivity contribution in [3.63, 3.8) is 0 Å². The highest BCUT2D eigenvalue weighted by atomic mass is 32.1. The number of pyridine rings is 1. The van der Waals surface area contributed by atoms with Crippen LogP contribution in [0.1, 0.15) is 45.4 Å². The third kappa shape index (κ3) is 7.81. The first-order valence-electron chi connectivity index (χ1n) is 18.2. The van der Waals surface area contributed by atoms with E-state index < -0.39 is 65.8 Å². The number of aromatic nitrogens is 4. The summed E-state index contributed by atoms with van der Waals surface area (Å²) in [4.78, 5) is 57.5. The zero-order chi connectivity index (χ0) is 40.6. The molecule has 3 atom stereocenters. The van der Waals surface area contributed by atoms with Gasteiger partial charge in [0.25, 0.3) is 17.4 Å². The highest BCUT2D eigenvalue weighted by molar-refractivity contribution is 7.17. The molecule has 0 saturated carbocycles. The summed E-state index contributed by atoms with van der Waals surface area (Å²) in [5, 5.41) is 12.0. The molecule has 298 valence electrons. The van der Waals surface area contributed by atoms with Gasteiger partial charge in [0.15, 0.2) is 17.3 Å². The number of aryl methyl sites for hydroxylation is 2. The fraction of sp³-hybridized carbons (Fsp3) is 0.350. The molecule has 5 aromatic rings. The van der Waals surface area contributed by atoms with E-state index in [1.54, 1.807) is 18.0 Å². The van der Waals surface area contributed by atoms with Crippen LogP contribution in [-0.2, 0) is 11.3 Å². The maximum atomic E-state index is 16.0. The van der Waals surface area contributed by atoms with Crippen LogP contribution in [0.25, 0.3) is 10.6 Å². The fourth-order valence-electron chi connectivity index (χ4n) is 7.29. The van der Waals surface area contributed by atoms with Gasteiger partial charge >= 0.3 is 0 Å². The third-order valence-electron chi connectivity index (χ3n) is 10.6. The van der Waals surface area contributed by atoms with E-state index in [9.17, 15) is 23.9 Å². The minimum absolute atomic E-state index is 0.0546. The van der Waals surface area contributed by atoms with Crippen molar-refractivity contribution in [2.24, 2.45) is 5.92 Å². The van der Waals surface area contributed by atoms with Crippen molar-refractivity contribution in [1.82, 2.24) is 29.3 Å². The van der Waals surface area contributed by atoms with E-state index in [0.717, 1.165) is 38.7 Å². The summed E-state index contributed by atoms with van der Waals surface area (Å²) in [6, 6.07) is 16.5. The summed E-state index contributed by atoms with van der Waals surface area (Å²) in [6.45, 7) is 1.88. The number of methoxy groups -OCH3 is 1. The van der Waals surface area contributed by atoms with Crippen LogP contribution in [0.2, 0.25) is 0 Å². The Morgan fingerprint density at radius 1 is 1.05 bits per heavy atom. The minimum atomic E-state index is -3.85. The van der Waals surface area contributed by atoms with Gasteiger partial charge in [-0.25, -0.2) is 23.1 Å². The molecular weight excluding hydrogens is 764 g/mol. The van der Waals surface area contributed by atoms with E-state index in [0.29, 0.717) is 15.6 Å².